The first kappa shape index (κ1) is 14.9. The van der Waals surface area contributed by atoms with Crippen LogP contribution in [0.15, 0.2) is 12.1 Å². The van der Waals surface area contributed by atoms with Crippen LogP contribution in [0.5, 0.6) is 0 Å². The number of rotatable bonds is 5. The highest BCUT2D eigenvalue weighted by Gasteiger charge is 2.26. The Morgan fingerprint density at radius 1 is 1.32 bits per heavy atom. The Bertz CT molecular complexity index is 530. The number of halogens is 2. The zero-order chi connectivity index (χ0) is 14.8. The molecule has 4 N–H and O–H groups in total. The number of hydrogen-bond donors (Lipinski definition) is 3. The maximum atomic E-state index is 13.6. The van der Waals surface area contributed by atoms with Gasteiger partial charge in [-0.15, -0.1) is 0 Å². The molecule has 0 aliphatic heterocycles. The normalized spacial score (nSPS) is 11.2. The monoisotopic (exact) mass is 272 g/mol. The molecule has 0 aromatic heterocycles. The third-order valence-electron chi connectivity index (χ3n) is 2.70. The second kappa shape index (κ2) is 5.21. The van der Waals surface area contributed by atoms with E-state index in [9.17, 15) is 18.4 Å². The van der Waals surface area contributed by atoms with Gasteiger partial charge in [-0.1, -0.05) is 0 Å². The lowest BCUT2D eigenvalue weighted by Crippen LogP contribution is -2.37. The maximum absolute atomic E-state index is 13.6. The predicted molar refractivity (Wildman–Crippen MR) is 64.8 cm³/mol. The summed E-state index contributed by atoms with van der Waals surface area (Å²) in [6.07, 6.45) is 0. The molecule has 1 rings (SSSR count). The molecule has 0 unspecified atom stereocenters. The molecule has 1 aromatic carbocycles. The van der Waals surface area contributed by atoms with Crippen molar-refractivity contribution in [1.29, 1.82) is 0 Å². The summed E-state index contributed by atoms with van der Waals surface area (Å²) in [5.41, 5.74) is 3.21. The zero-order valence-electron chi connectivity index (χ0n) is 10.5. The second-order valence-corrected chi connectivity index (χ2v) is 4.70. The summed E-state index contributed by atoms with van der Waals surface area (Å²) >= 11 is 0. The van der Waals surface area contributed by atoms with E-state index < -0.39 is 34.5 Å². The molecular weight excluding hydrogens is 258 g/mol. The van der Waals surface area contributed by atoms with Crippen LogP contribution in [-0.2, 0) is 4.79 Å². The summed E-state index contributed by atoms with van der Waals surface area (Å²) in [6, 6.07) is 2.04. The molecule has 1 amide bonds. The van der Waals surface area contributed by atoms with E-state index in [4.69, 9.17) is 10.8 Å². The van der Waals surface area contributed by atoms with Crippen molar-refractivity contribution in [3.8, 4) is 0 Å². The summed E-state index contributed by atoms with van der Waals surface area (Å²) < 4.78 is 27.0. The molecule has 0 saturated carbocycles. The van der Waals surface area contributed by atoms with Crippen LogP contribution in [0, 0.1) is 17.0 Å². The first-order chi connectivity index (χ1) is 8.66. The van der Waals surface area contributed by atoms with Gasteiger partial charge in [0.1, 0.15) is 0 Å². The minimum Gasteiger partial charge on any atom is -0.478 e. The Hall–Kier alpha value is -2.18. The second-order valence-electron chi connectivity index (χ2n) is 4.70. The summed E-state index contributed by atoms with van der Waals surface area (Å²) in [5, 5.41) is 11.2. The lowest BCUT2D eigenvalue weighted by Gasteiger charge is -2.21. The highest BCUT2D eigenvalue weighted by molar-refractivity contribution is 5.88. The number of nitrogens with two attached hydrogens (primary N) is 1. The van der Waals surface area contributed by atoms with Gasteiger partial charge in [-0.3, -0.25) is 4.79 Å². The number of hydrogen-bond acceptors (Lipinski definition) is 3. The Balaban J connectivity index is 2.96. The zero-order valence-corrected chi connectivity index (χ0v) is 10.5. The predicted octanol–water partition coefficient (Wildman–Crippen LogP) is 1.59. The van der Waals surface area contributed by atoms with Crippen LogP contribution in [0.1, 0.15) is 24.2 Å². The molecule has 19 heavy (non-hydrogen) atoms. The average molecular weight is 272 g/mol. The van der Waals surface area contributed by atoms with Crippen molar-refractivity contribution >= 4 is 17.6 Å². The Morgan fingerprint density at radius 2 is 1.89 bits per heavy atom. The molecule has 0 spiro atoms. The van der Waals surface area contributed by atoms with Crippen LogP contribution >= 0.6 is 0 Å². The van der Waals surface area contributed by atoms with Crippen molar-refractivity contribution in [2.45, 2.75) is 13.8 Å². The Kier molecular flexibility index (Phi) is 4.08. The first-order valence-electron chi connectivity index (χ1n) is 5.42. The van der Waals surface area contributed by atoms with Gasteiger partial charge in [-0.2, -0.15) is 0 Å². The lowest BCUT2D eigenvalue weighted by atomic mass is 9.92. The highest BCUT2D eigenvalue weighted by atomic mass is 19.2. The number of benzene rings is 1. The number of nitrogens with one attached hydrogen (secondary N) is 1. The van der Waals surface area contributed by atoms with Gasteiger partial charge in [0, 0.05) is 6.54 Å². The topological polar surface area (TPSA) is 92.4 Å². The van der Waals surface area contributed by atoms with Gasteiger partial charge in [0.2, 0.25) is 5.91 Å². The molecular formula is C12H14F2N2O3. The summed E-state index contributed by atoms with van der Waals surface area (Å²) in [6.45, 7) is 3.08. The van der Waals surface area contributed by atoms with Crippen LogP contribution in [0.3, 0.4) is 0 Å². The van der Waals surface area contributed by atoms with E-state index in [2.05, 4.69) is 5.32 Å². The molecule has 0 atom stereocenters. The lowest BCUT2D eigenvalue weighted by molar-refractivity contribution is -0.125. The number of carboxylic acid groups (broad SMARTS) is 1. The van der Waals surface area contributed by atoms with Crippen LogP contribution in [0.4, 0.5) is 14.5 Å². The van der Waals surface area contributed by atoms with Gasteiger partial charge in [0.15, 0.2) is 11.6 Å². The molecule has 104 valence electrons. The fraction of sp³-hybridized carbons (Fsp3) is 0.333. The average Bonchev–Trinajstić information content (AvgIpc) is 2.30. The van der Waals surface area contributed by atoms with Crippen molar-refractivity contribution in [3.63, 3.8) is 0 Å². The first-order valence-corrected chi connectivity index (χ1v) is 5.42. The Labute approximate surface area is 108 Å². The molecule has 0 radical (unpaired) electrons. The SMILES string of the molecule is CC(C)(CNc1ccc(C(=O)O)c(F)c1F)C(N)=O. The smallest absolute Gasteiger partial charge is 0.338 e. The molecule has 0 saturated heterocycles. The van der Waals surface area contributed by atoms with E-state index in [1.54, 1.807) is 13.8 Å². The van der Waals surface area contributed by atoms with Crippen LogP contribution in [0.25, 0.3) is 0 Å². The van der Waals surface area contributed by atoms with Gasteiger partial charge in [0.05, 0.1) is 16.7 Å². The number of carbonyl (C=O) groups excluding carboxylic acids is 1. The van der Waals surface area contributed by atoms with E-state index in [0.29, 0.717) is 0 Å². The number of anilines is 1. The van der Waals surface area contributed by atoms with Crippen molar-refractivity contribution < 1.29 is 23.5 Å². The largest absolute Gasteiger partial charge is 0.478 e. The number of carbonyl (C=O) groups is 2. The maximum Gasteiger partial charge on any atom is 0.338 e. The van der Waals surface area contributed by atoms with Crippen molar-refractivity contribution in [2.24, 2.45) is 11.1 Å². The number of carboxylic acids is 1. The third-order valence-corrected chi connectivity index (χ3v) is 2.70. The molecule has 7 heteroatoms. The molecule has 0 fully saturated rings. The summed E-state index contributed by atoms with van der Waals surface area (Å²) in [4.78, 5) is 21.7. The van der Waals surface area contributed by atoms with Crippen LogP contribution in [0.2, 0.25) is 0 Å². The Morgan fingerprint density at radius 3 is 2.37 bits per heavy atom. The van der Waals surface area contributed by atoms with Gasteiger partial charge < -0.3 is 16.2 Å². The van der Waals surface area contributed by atoms with Gasteiger partial charge in [-0.25, -0.2) is 13.6 Å². The van der Waals surface area contributed by atoms with Crippen LogP contribution < -0.4 is 11.1 Å². The van der Waals surface area contributed by atoms with Gasteiger partial charge in [0.25, 0.3) is 0 Å². The molecule has 1 aromatic rings. The van der Waals surface area contributed by atoms with Crippen molar-refractivity contribution in [3.05, 3.63) is 29.3 Å². The standard InChI is InChI=1S/C12H14F2N2O3/c1-12(2,11(15)19)5-16-7-4-3-6(10(17)18)8(13)9(7)14/h3-4,16H,5H2,1-2H3,(H2,15,19)(H,17,18). The fourth-order valence-corrected chi connectivity index (χ4v) is 1.25. The molecule has 0 aliphatic carbocycles. The summed E-state index contributed by atoms with van der Waals surface area (Å²) in [5.74, 6) is -4.90. The molecule has 0 bridgehead atoms. The minimum absolute atomic E-state index is 0.00882. The van der Waals surface area contributed by atoms with Gasteiger partial charge in [-0.05, 0) is 26.0 Å². The van der Waals surface area contributed by atoms with Crippen LogP contribution in [-0.4, -0.2) is 23.5 Å². The number of aromatic carboxylic acids is 1. The highest BCUT2D eigenvalue weighted by Crippen LogP contribution is 2.23. The van der Waals surface area contributed by atoms with E-state index in [1.807, 2.05) is 0 Å². The minimum atomic E-state index is -1.56. The van der Waals surface area contributed by atoms with E-state index in [1.165, 1.54) is 0 Å². The van der Waals surface area contributed by atoms with Crippen molar-refractivity contribution in [2.75, 3.05) is 11.9 Å². The molecule has 0 heterocycles. The fourth-order valence-electron chi connectivity index (χ4n) is 1.25. The molecule has 0 aliphatic rings. The quantitative estimate of drug-likeness (QED) is 0.758. The van der Waals surface area contributed by atoms with E-state index >= 15 is 0 Å². The number of primary amides is 1. The van der Waals surface area contributed by atoms with E-state index in [-0.39, 0.29) is 12.2 Å². The summed E-state index contributed by atoms with van der Waals surface area (Å²) in [7, 11) is 0. The molecule has 5 nitrogen and oxygen atoms in total. The van der Waals surface area contributed by atoms with E-state index in [0.717, 1.165) is 12.1 Å². The number of amides is 1. The van der Waals surface area contributed by atoms with Gasteiger partial charge >= 0.3 is 5.97 Å². The van der Waals surface area contributed by atoms with Crippen molar-refractivity contribution in [1.82, 2.24) is 0 Å². The third kappa shape index (κ3) is 3.18.